The third-order valence-corrected chi connectivity index (χ3v) is 4.25. The van der Waals surface area contributed by atoms with Gasteiger partial charge in [-0.1, -0.05) is 23.9 Å². The van der Waals surface area contributed by atoms with Crippen LogP contribution < -0.4 is 0 Å². The Hall–Kier alpha value is -3.00. The summed E-state index contributed by atoms with van der Waals surface area (Å²) >= 11 is 1.41. The molecule has 3 aromatic heterocycles. The predicted octanol–water partition coefficient (Wildman–Crippen LogP) is 3.07. The van der Waals surface area contributed by atoms with Crippen LogP contribution >= 0.6 is 11.8 Å². The van der Waals surface area contributed by atoms with Crippen LogP contribution in [-0.4, -0.2) is 30.3 Å². The number of hydrogen-bond donors (Lipinski definition) is 1. The second-order valence-corrected chi connectivity index (χ2v) is 5.82. The van der Waals surface area contributed by atoms with Gasteiger partial charge in [0.05, 0.1) is 6.20 Å². The van der Waals surface area contributed by atoms with Crippen LogP contribution in [0.4, 0.5) is 0 Å². The van der Waals surface area contributed by atoms with E-state index in [1.165, 1.54) is 11.8 Å². The zero-order valence-corrected chi connectivity index (χ0v) is 13.1. The van der Waals surface area contributed by atoms with Gasteiger partial charge in [0.15, 0.2) is 0 Å². The van der Waals surface area contributed by atoms with Crippen LogP contribution in [0.3, 0.4) is 0 Å². The minimum atomic E-state index is 0.169. The first kappa shape index (κ1) is 14.6. The first-order valence-corrected chi connectivity index (χ1v) is 8.08. The first-order valence-electron chi connectivity index (χ1n) is 7.09. The summed E-state index contributed by atoms with van der Waals surface area (Å²) in [6.45, 7) is 0. The van der Waals surface area contributed by atoms with Gasteiger partial charge in [-0.15, -0.1) is 10.2 Å². The number of phenolic OH excluding ortho intramolecular Hbond substituents is 1. The van der Waals surface area contributed by atoms with E-state index in [9.17, 15) is 5.11 Å². The van der Waals surface area contributed by atoms with E-state index in [-0.39, 0.29) is 5.75 Å². The summed E-state index contributed by atoms with van der Waals surface area (Å²) in [5.74, 6) is 1.12. The summed E-state index contributed by atoms with van der Waals surface area (Å²) in [5, 5.41) is 19.2. The molecule has 0 atom stereocenters. The number of rotatable bonds is 4. The van der Waals surface area contributed by atoms with Crippen molar-refractivity contribution in [1.82, 2.24) is 25.1 Å². The number of fused-ring (bicyclic) bond motifs is 1. The summed E-state index contributed by atoms with van der Waals surface area (Å²) in [4.78, 5) is 12.3. The van der Waals surface area contributed by atoms with Crippen molar-refractivity contribution in [2.24, 2.45) is 0 Å². The van der Waals surface area contributed by atoms with E-state index in [0.717, 1.165) is 10.9 Å². The van der Waals surface area contributed by atoms with Gasteiger partial charge < -0.3 is 9.52 Å². The number of benzene rings is 1. The number of aromatic nitrogens is 5. The molecule has 0 bridgehead atoms. The Kier molecular flexibility index (Phi) is 3.80. The molecule has 118 valence electrons. The molecule has 4 aromatic rings. The molecule has 0 unspecified atom stereocenters. The normalized spacial score (nSPS) is 11.0. The average Bonchev–Trinajstić information content (AvgIpc) is 3.11. The summed E-state index contributed by atoms with van der Waals surface area (Å²) in [5.41, 5.74) is 2.15. The molecular formula is C16H11N5O2S. The highest BCUT2D eigenvalue weighted by molar-refractivity contribution is 7.98. The number of hydrogen-bond acceptors (Lipinski definition) is 8. The van der Waals surface area contributed by atoms with Gasteiger partial charge in [0.25, 0.3) is 11.1 Å². The van der Waals surface area contributed by atoms with E-state index < -0.39 is 0 Å². The Labute approximate surface area is 140 Å². The van der Waals surface area contributed by atoms with Crippen LogP contribution in [0.2, 0.25) is 0 Å². The number of phenols is 1. The Morgan fingerprint density at radius 1 is 1.04 bits per heavy atom. The highest BCUT2D eigenvalue weighted by Gasteiger charge is 2.12. The third-order valence-electron chi connectivity index (χ3n) is 3.38. The van der Waals surface area contributed by atoms with Crippen molar-refractivity contribution >= 4 is 22.7 Å². The highest BCUT2D eigenvalue weighted by atomic mass is 32.2. The van der Waals surface area contributed by atoms with Crippen molar-refractivity contribution in [2.75, 3.05) is 0 Å². The predicted molar refractivity (Wildman–Crippen MR) is 88.3 cm³/mol. The monoisotopic (exact) mass is 337 g/mol. The van der Waals surface area contributed by atoms with Gasteiger partial charge in [0, 0.05) is 29.7 Å². The molecule has 0 fully saturated rings. The lowest BCUT2D eigenvalue weighted by molar-refractivity contribution is 0.464. The molecule has 24 heavy (non-hydrogen) atoms. The van der Waals surface area contributed by atoms with Crippen LogP contribution in [0.5, 0.6) is 5.75 Å². The molecule has 4 rings (SSSR count). The Balaban J connectivity index is 1.56. The molecule has 0 spiro atoms. The lowest BCUT2D eigenvalue weighted by Crippen LogP contribution is -1.87. The van der Waals surface area contributed by atoms with Gasteiger partial charge in [-0.05, 0) is 17.7 Å². The van der Waals surface area contributed by atoms with E-state index in [2.05, 4.69) is 25.1 Å². The fraction of sp³-hybridized carbons (Fsp3) is 0.0625. The van der Waals surface area contributed by atoms with Gasteiger partial charge in [-0.2, -0.15) is 0 Å². The molecule has 7 nitrogen and oxygen atoms in total. The van der Waals surface area contributed by atoms with Gasteiger partial charge in [-0.25, -0.2) is 4.98 Å². The van der Waals surface area contributed by atoms with Crippen molar-refractivity contribution < 1.29 is 9.52 Å². The maximum atomic E-state index is 9.89. The van der Waals surface area contributed by atoms with E-state index >= 15 is 0 Å². The number of thioether (sulfide) groups is 1. The maximum Gasteiger partial charge on any atom is 0.277 e. The lowest BCUT2D eigenvalue weighted by atomic mass is 10.1. The van der Waals surface area contributed by atoms with E-state index in [4.69, 9.17) is 4.42 Å². The Bertz CT molecular complexity index is 990. The molecule has 0 saturated carbocycles. The standard InChI is InChI=1S/C16H11N5O2S/c22-13-4-3-10(11-2-1-5-19-14(11)13)9-24-16-21-20-15(23-16)12-8-17-6-7-18-12/h1-8,22H,9H2. The molecule has 0 radical (unpaired) electrons. The number of pyridine rings is 1. The van der Waals surface area contributed by atoms with Crippen LogP contribution in [0, 0.1) is 0 Å². The molecule has 0 aliphatic heterocycles. The molecule has 3 heterocycles. The molecular weight excluding hydrogens is 326 g/mol. The topological polar surface area (TPSA) is 97.8 Å². The molecule has 1 N–H and O–H groups in total. The zero-order valence-electron chi connectivity index (χ0n) is 12.3. The first-order chi connectivity index (χ1) is 11.8. The summed E-state index contributed by atoms with van der Waals surface area (Å²) in [7, 11) is 0. The maximum absolute atomic E-state index is 9.89. The molecule has 8 heteroatoms. The average molecular weight is 337 g/mol. The molecule has 0 saturated heterocycles. The Morgan fingerprint density at radius 2 is 2.00 bits per heavy atom. The smallest absolute Gasteiger partial charge is 0.277 e. The Morgan fingerprint density at radius 3 is 2.88 bits per heavy atom. The van der Waals surface area contributed by atoms with Gasteiger partial charge in [0.2, 0.25) is 0 Å². The van der Waals surface area contributed by atoms with Crippen LogP contribution in [-0.2, 0) is 5.75 Å². The van der Waals surface area contributed by atoms with Gasteiger partial charge in [-0.3, -0.25) is 9.97 Å². The van der Waals surface area contributed by atoms with Crippen molar-refractivity contribution in [3.05, 3.63) is 54.6 Å². The van der Waals surface area contributed by atoms with Gasteiger partial charge in [0.1, 0.15) is 17.0 Å². The largest absolute Gasteiger partial charge is 0.506 e. The highest BCUT2D eigenvalue weighted by Crippen LogP contribution is 2.30. The van der Waals surface area contributed by atoms with Crippen molar-refractivity contribution in [3.8, 4) is 17.3 Å². The fourth-order valence-electron chi connectivity index (χ4n) is 2.26. The quantitative estimate of drug-likeness (QED) is 0.567. The molecule has 1 aromatic carbocycles. The fourth-order valence-corrected chi connectivity index (χ4v) is 3.03. The summed E-state index contributed by atoms with van der Waals surface area (Å²) < 4.78 is 5.60. The van der Waals surface area contributed by atoms with Crippen molar-refractivity contribution in [2.45, 2.75) is 11.0 Å². The summed E-state index contributed by atoms with van der Waals surface area (Å²) in [6.07, 6.45) is 6.38. The molecule has 0 aliphatic rings. The van der Waals surface area contributed by atoms with E-state index in [1.54, 1.807) is 30.9 Å². The zero-order chi connectivity index (χ0) is 16.4. The third kappa shape index (κ3) is 2.79. The summed E-state index contributed by atoms with van der Waals surface area (Å²) in [6, 6.07) is 7.28. The molecule has 0 amide bonds. The number of aromatic hydroxyl groups is 1. The number of nitrogens with zero attached hydrogens (tertiary/aromatic N) is 5. The van der Waals surface area contributed by atoms with Crippen LogP contribution in [0.1, 0.15) is 5.56 Å². The SMILES string of the molecule is Oc1ccc(CSc2nnc(-c3cnccn3)o2)c2cccnc12. The van der Waals surface area contributed by atoms with Gasteiger partial charge >= 0.3 is 0 Å². The molecule has 0 aliphatic carbocycles. The lowest BCUT2D eigenvalue weighted by Gasteiger charge is -2.05. The van der Waals surface area contributed by atoms with Crippen molar-refractivity contribution in [1.29, 1.82) is 0 Å². The van der Waals surface area contributed by atoms with Crippen LogP contribution in [0.25, 0.3) is 22.5 Å². The van der Waals surface area contributed by atoms with Crippen LogP contribution in [0.15, 0.2) is 58.7 Å². The second-order valence-electron chi connectivity index (χ2n) is 4.90. The minimum absolute atomic E-state index is 0.169. The van der Waals surface area contributed by atoms with Crippen molar-refractivity contribution in [3.63, 3.8) is 0 Å². The van der Waals surface area contributed by atoms with E-state index in [0.29, 0.717) is 28.1 Å². The minimum Gasteiger partial charge on any atom is -0.506 e. The van der Waals surface area contributed by atoms with E-state index in [1.807, 2.05) is 18.2 Å². The second kappa shape index (κ2) is 6.25.